The number of nitrogens with one attached hydrogen (secondary N) is 1. The van der Waals surface area contributed by atoms with Gasteiger partial charge in [-0.05, 0) is 72.9 Å². The highest BCUT2D eigenvalue weighted by Gasteiger charge is 2.52. The van der Waals surface area contributed by atoms with Crippen LogP contribution in [0.2, 0.25) is 0 Å². The smallest absolute Gasteiger partial charge is 0.255 e. The van der Waals surface area contributed by atoms with Gasteiger partial charge in [-0.2, -0.15) is 0 Å². The fraction of sp³-hybridized carbons (Fsp3) is 0.462. The van der Waals surface area contributed by atoms with Crippen LogP contribution >= 0.6 is 0 Å². The van der Waals surface area contributed by atoms with Gasteiger partial charge in [-0.25, -0.2) is 0 Å². The highest BCUT2D eigenvalue weighted by molar-refractivity contribution is 6.05. The molecule has 1 spiro atoms. The van der Waals surface area contributed by atoms with Gasteiger partial charge in [0.15, 0.2) is 5.79 Å². The van der Waals surface area contributed by atoms with Crippen molar-refractivity contribution in [1.29, 1.82) is 0 Å². The Morgan fingerprint density at radius 3 is 2.84 bits per heavy atom. The summed E-state index contributed by atoms with van der Waals surface area (Å²) in [5.74, 6) is -0.0168. The van der Waals surface area contributed by atoms with E-state index in [1.165, 1.54) is 5.56 Å². The summed E-state index contributed by atoms with van der Waals surface area (Å²) in [5.41, 5.74) is 4.84. The van der Waals surface area contributed by atoms with Crippen LogP contribution in [0.25, 0.3) is 6.08 Å². The van der Waals surface area contributed by atoms with Crippen molar-refractivity contribution in [3.8, 4) is 0 Å². The van der Waals surface area contributed by atoms with E-state index in [2.05, 4.69) is 35.4 Å². The van der Waals surface area contributed by atoms with E-state index in [0.29, 0.717) is 24.7 Å². The first kappa shape index (κ1) is 20.4. The molecule has 162 valence electrons. The fourth-order valence-electron chi connectivity index (χ4n) is 5.83. The van der Waals surface area contributed by atoms with E-state index in [-0.39, 0.29) is 17.1 Å². The number of benzene rings is 1. The molecule has 2 atom stereocenters. The van der Waals surface area contributed by atoms with Gasteiger partial charge < -0.3 is 14.8 Å². The van der Waals surface area contributed by atoms with Crippen molar-refractivity contribution in [3.63, 3.8) is 0 Å². The summed E-state index contributed by atoms with van der Waals surface area (Å²) in [5, 5.41) is 3.00. The Kier molecular flexibility index (Phi) is 5.19. The molecule has 3 aliphatic rings. The van der Waals surface area contributed by atoms with Gasteiger partial charge in [0.05, 0.1) is 24.6 Å². The third-order valence-electron chi connectivity index (χ3n) is 7.56. The van der Waals surface area contributed by atoms with Crippen molar-refractivity contribution >= 4 is 17.7 Å². The molecule has 5 nitrogen and oxygen atoms in total. The SMILES string of the molecule is CC[C@@]12CCC3(C[C@@H]1CC=Cc1cc(C(=O)Nc4cccnc4C)ccc12)OCCO3. The predicted octanol–water partition coefficient (Wildman–Crippen LogP) is 5.25. The van der Waals surface area contributed by atoms with Crippen LogP contribution < -0.4 is 5.32 Å². The number of hydrogen-bond donors (Lipinski definition) is 1. The lowest BCUT2D eigenvalue weighted by Crippen LogP contribution is -2.48. The topological polar surface area (TPSA) is 60.5 Å². The number of carbonyl (C=O) groups is 1. The number of aryl methyl sites for hydroxylation is 1. The van der Waals surface area contributed by atoms with Crippen molar-refractivity contribution < 1.29 is 14.3 Å². The van der Waals surface area contributed by atoms with Crippen LogP contribution in [-0.2, 0) is 14.9 Å². The van der Waals surface area contributed by atoms with Gasteiger partial charge >= 0.3 is 0 Å². The van der Waals surface area contributed by atoms with Crippen LogP contribution in [0.15, 0.2) is 42.6 Å². The first-order valence-corrected chi connectivity index (χ1v) is 11.4. The van der Waals surface area contributed by atoms with Gasteiger partial charge in [0.2, 0.25) is 0 Å². The Hall–Kier alpha value is -2.50. The van der Waals surface area contributed by atoms with Crippen molar-refractivity contribution in [2.45, 2.75) is 57.2 Å². The van der Waals surface area contributed by atoms with E-state index in [4.69, 9.17) is 9.47 Å². The number of nitrogens with zero attached hydrogens (tertiary/aromatic N) is 1. The minimum Gasteiger partial charge on any atom is -0.348 e. The molecule has 1 aliphatic heterocycles. The van der Waals surface area contributed by atoms with Gasteiger partial charge in [0.25, 0.3) is 5.91 Å². The maximum absolute atomic E-state index is 12.9. The van der Waals surface area contributed by atoms with Crippen molar-refractivity contribution in [3.05, 3.63) is 65.0 Å². The zero-order valence-corrected chi connectivity index (χ0v) is 18.3. The fourth-order valence-corrected chi connectivity index (χ4v) is 5.83. The third-order valence-corrected chi connectivity index (χ3v) is 7.56. The average molecular weight is 419 g/mol. The van der Waals surface area contributed by atoms with E-state index >= 15 is 0 Å². The van der Waals surface area contributed by atoms with E-state index in [0.717, 1.165) is 49.0 Å². The van der Waals surface area contributed by atoms with Crippen LogP contribution in [-0.4, -0.2) is 29.9 Å². The molecule has 0 radical (unpaired) electrons. The molecule has 2 aromatic rings. The maximum atomic E-state index is 12.9. The molecule has 2 fully saturated rings. The third kappa shape index (κ3) is 3.50. The minimum absolute atomic E-state index is 0.0916. The Balaban J connectivity index is 1.46. The summed E-state index contributed by atoms with van der Waals surface area (Å²) < 4.78 is 12.1. The number of allylic oxidation sites excluding steroid dienone is 1. The highest BCUT2D eigenvalue weighted by Crippen LogP contribution is 2.54. The number of carbonyl (C=O) groups excluding carboxylic acids is 1. The Bertz CT molecular complexity index is 1030. The second-order valence-electron chi connectivity index (χ2n) is 9.05. The molecule has 5 rings (SSSR count). The Morgan fingerprint density at radius 1 is 1.23 bits per heavy atom. The molecular formula is C26H30N2O3. The van der Waals surface area contributed by atoms with E-state index in [1.807, 2.05) is 31.2 Å². The number of hydrogen-bond acceptors (Lipinski definition) is 4. The van der Waals surface area contributed by atoms with E-state index < -0.39 is 0 Å². The van der Waals surface area contributed by atoms with E-state index in [1.54, 1.807) is 6.20 Å². The van der Waals surface area contributed by atoms with Gasteiger partial charge in [-0.15, -0.1) is 0 Å². The second-order valence-corrected chi connectivity index (χ2v) is 9.05. The standard InChI is InChI=1S/C26H30N2O3/c1-3-25-11-12-26(30-14-15-31-26)17-21(25)7-4-6-19-16-20(9-10-22(19)25)24(29)28-23-8-5-13-27-18(23)2/h4-6,8-10,13,16,21H,3,7,11-12,14-15,17H2,1-2H3,(H,28,29)/t21-,25+/m0/s1. The average Bonchev–Trinajstić information content (AvgIpc) is 3.17. The van der Waals surface area contributed by atoms with Crippen molar-refractivity contribution in [2.24, 2.45) is 5.92 Å². The number of ether oxygens (including phenoxy) is 2. The van der Waals surface area contributed by atoms with Crippen LogP contribution in [0.3, 0.4) is 0 Å². The summed E-state index contributed by atoms with van der Waals surface area (Å²) in [6, 6.07) is 9.91. The van der Waals surface area contributed by atoms with Crippen LogP contribution in [0.1, 0.15) is 66.2 Å². The molecule has 5 heteroatoms. The largest absolute Gasteiger partial charge is 0.348 e. The zero-order chi connectivity index (χ0) is 21.5. The highest BCUT2D eigenvalue weighted by atomic mass is 16.7. The first-order chi connectivity index (χ1) is 15.1. The Labute approximate surface area is 183 Å². The monoisotopic (exact) mass is 418 g/mol. The lowest BCUT2D eigenvalue weighted by Gasteiger charge is -2.49. The number of aromatic nitrogens is 1. The lowest BCUT2D eigenvalue weighted by molar-refractivity contribution is -0.198. The molecular weight excluding hydrogens is 388 g/mol. The number of rotatable bonds is 3. The molecule has 0 bridgehead atoms. The van der Waals surface area contributed by atoms with Gasteiger partial charge in [-0.3, -0.25) is 9.78 Å². The summed E-state index contributed by atoms with van der Waals surface area (Å²) in [6.07, 6.45) is 11.2. The summed E-state index contributed by atoms with van der Waals surface area (Å²) in [6.45, 7) is 5.59. The normalized spacial score (nSPS) is 26.2. The molecule has 1 aromatic heterocycles. The van der Waals surface area contributed by atoms with E-state index in [9.17, 15) is 4.79 Å². The number of amides is 1. The molecule has 1 amide bonds. The number of fused-ring (bicyclic) bond motifs is 3. The molecule has 0 unspecified atom stereocenters. The molecule has 1 N–H and O–H groups in total. The van der Waals surface area contributed by atoms with Crippen LogP contribution in [0, 0.1) is 12.8 Å². The van der Waals surface area contributed by atoms with Gasteiger partial charge in [0.1, 0.15) is 0 Å². The Morgan fingerprint density at radius 2 is 2.06 bits per heavy atom. The molecule has 2 heterocycles. The molecule has 31 heavy (non-hydrogen) atoms. The number of pyridine rings is 1. The molecule has 1 aromatic carbocycles. The lowest BCUT2D eigenvalue weighted by atomic mass is 9.58. The summed E-state index contributed by atoms with van der Waals surface area (Å²) in [7, 11) is 0. The maximum Gasteiger partial charge on any atom is 0.255 e. The summed E-state index contributed by atoms with van der Waals surface area (Å²) >= 11 is 0. The van der Waals surface area contributed by atoms with Gasteiger partial charge in [0, 0.05) is 24.6 Å². The van der Waals surface area contributed by atoms with Crippen molar-refractivity contribution in [1.82, 2.24) is 4.98 Å². The molecule has 1 saturated carbocycles. The molecule has 1 saturated heterocycles. The quantitative estimate of drug-likeness (QED) is 0.740. The second kappa shape index (κ2) is 7.88. The predicted molar refractivity (Wildman–Crippen MR) is 121 cm³/mol. The van der Waals surface area contributed by atoms with Crippen LogP contribution in [0.4, 0.5) is 5.69 Å². The number of anilines is 1. The zero-order valence-electron chi connectivity index (χ0n) is 18.3. The van der Waals surface area contributed by atoms with Crippen molar-refractivity contribution in [2.75, 3.05) is 18.5 Å². The van der Waals surface area contributed by atoms with Crippen LogP contribution in [0.5, 0.6) is 0 Å². The van der Waals surface area contributed by atoms with Gasteiger partial charge in [-0.1, -0.05) is 25.1 Å². The molecule has 2 aliphatic carbocycles. The first-order valence-electron chi connectivity index (χ1n) is 11.4. The summed E-state index contributed by atoms with van der Waals surface area (Å²) in [4.78, 5) is 17.2. The minimum atomic E-state index is -0.386.